The molecule has 0 fully saturated rings. The molecular weight excluding hydrogens is 404 g/mol. The monoisotopic (exact) mass is 426 g/mol. The lowest BCUT2D eigenvalue weighted by atomic mass is 10.1. The number of rotatable bonds is 7. The van der Waals surface area contributed by atoms with Crippen molar-refractivity contribution in [1.82, 2.24) is 20.2 Å². The van der Waals surface area contributed by atoms with Gasteiger partial charge in [0, 0.05) is 49.6 Å². The number of thiocarbonyl (C=S) groups is 1. The van der Waals surface area contributed by atoms with Crippen LogP contribution in [0, 0.1) is 0 Å². The molecule has 0 saturated heterocycles. The zero-order valence-corrected chi connectivity index (χ0v) is 17.3. The second-order valence-corrected chi connectivity index (χ2v) is 7.25. The van der Waals surface area contributed by atoms with Crippen molar-refractivity contribution < 1.29 is 14.2 Å². The van der Waals surface area contributed by atoms with Crippen molar-refractivity contribution in [2.75, 3.05) is 27.1 Å². The van der Waals surface area contributed by atoms with E-state index >= 15 is 0 Å². The molecule has 1 aliphatic heterocycles. The molecule has 0 aliphatic carbocycles. The van der Waals surface area contributed by atoms with Gasteiger partial charge in [-0.1, -0.05) is 6.07 Å². The lowest BCUT2D eigenvalue weighted by Crippen LogP contribution is -2.41. The third kappa shape index (κ3) is 4.52. The molecular formula is C21H22N4O4S. The van der Waals surface area contributed by atoms with Crippen molar-refractivity contribution in [3.05, 3.63) is 64.2 Å². The van der Waals surface area contributed by atoms with Crippen molar-refractivity contribution in [3.63, 3.8) is 0 Å². The molecule has 0 unspecified atom stereocenters. The van der Waals surface area contributed by atoms with Crippen LogP contribution >= 0.6 is 12.2 Å². The molecule has 0 atom stereocenters. The first-order valence-electron chi connectivity index (χ1n) is 9.50. The summed E-state index contributed by atoms with van der Waals surface area (Å²) >= 11 is 5.58. The van der Waals surface area contributed by atoms with E-state index in [4.69, 9.17) is 26.4 Å². The summed E-state index contributed by atoms with van der Waals surface area (Å²) in [5.74, 6) is 1.30. The normalized spacial score (nSPS) is 12.2. The first kappa shape index (κ1) is 20.1. The highest BCUT2D eigenvalue weighted by Crippen LogP contribution is 2.35. The number of hydrogen-bond acceptors (Lipinski definition) is 6. The van der Waals surface area contributed by atoms with Crippen LogP contribution < -0.4 is 20.3 Å². The van der Waals surface area contributed by atoms with Gasteiger partial charge in [-0.05, 0) is 36.0 Å². The number of aromatic amines is 1. The molecule has 30 heavy (non-hydrogen) atoms. The average molecular weight is 426 g/mol. The van der Waals surface area contributed by atoms with Gasteiger partial charge in [0.25, 0.3) is 5.56 Å². The summed E-state index contributed by atoms with van der Waals surface area (Å²) in [6, 6.07) is 9.37. The van der Waals surface area contributed by atoms with Gasteiger partial charge in [0.2, 0.25) is 6.79 Å². The maximum absolute atomic E-state index is 12.8. The lowest BCUT2D eigenvalue weighted by molar-refractivity contribution is 0.174. The van der Waals surface area contributed by atoms with Crippen LogP contribution in [0.1, 0.15) is 11.1 Å². The van der Waals surface area contributed by atoms with Gasteiger partial charge in [-0.25, -0.2) is 0 Å². The van der Waals surface area contributed by atoms with Gasteiger partial charge in [-0.15, -0.1) is 0 Å². The highest BCUT2D eigenvalue weighted by atomic mass is 32.1. The Balaban J connectivity index is 1.61. The molecule has 0 bridgehead atoms. The maximum Gasteiger partial charge on any atom is 0.253 e. The Hall–Kier alpha value is -3.17. The Morgan fingerprint density at radius 3 is 2.90 bits per heavy atom. The lowest BCUT2D eigenvalue weighted by Gasteiger charge is -2.26. The van der Waals surface area contributed by atoms with E-state index in [0.717, 1.165) is 10.9 Å². The van der Waals surface area contributed by atoms with Gasteiger partial charge in [-0.2, -0.15) is 0 Å². The minimum atomic E-state index is -0.169. The molecule has 0 spiro atoms. The van der Waals surface area contributed by atoms with Crippen LogP contribution in [0.5, 0.6) is 11.5 Å². The first-order chi connectivity index (χ1) is 14.6. The van der Waals surface area contributed by atoms with E-state index in [-0.39, 0.29) is 12.4 Å². The van der Waals surface area contributed by atoms with Gasteiger partial charge >= 0.3 is 0 Å². The molecule has 2 aromatic heterocycles. The second kappa shape index (κ2) is 9.10. The molecule has 8 nitrogen and oxygen atoms in total. The van der Waals surface area contributed by atoms with Crippen LogP contribution in [0.2, 0.25) is 0 Å². The van der Waals surface area contributed by atoms with E-state index in [1.165, 1.54) is 0 Å². The molecule has 0 amide bonds. The number of benzene rings is 1. The molecule has 4 rings (SSSR count). The summed E-state index contributed by atoms with van der Waals surface area (Å²) in [5, 5.41) is 4.59. The average Bonchev–Trinajstić information content (AvgIpc) is 3.20. The van der Waals surface area contributed by atoms with E-state index in [1.807, 2.05) is 29.2 Å². The Morgan fingerprint density at radius 1 is 1.30 bits per heavy atom. The van der Waals surface area contributed by atoms with Crippen LogP contribution in [0.4, 0.5) is 0 Å². The maximum atomic E-state index is 12.8. The topological polar surface area (TPSA) is 88.7 Å². The summed E-state index contributed by atoms with van der Waals surface area (Å²) in [6.45, 7) is 2.16. The number of nitrogens with one attached hydrogen (secondary N) is 2. The zero-order chi connectivity index (χ0) is 20.9. The summed E-state index contributed by atoms with van der Waals surface area (Å²) < 4.78 is 15.9. The highest BCUT2D eigenvalue weighted by Gasteiger charge is 2.17. The summed E-state index contributed by atoms with van der Waals surface area (Å²) in [7, 11) is 1.64. The number of ether oxygens (including phenoxy) is 3. The highest BCUT2D eigenvalue weighted by molar-refractivity contribution is 7.80. The van der Waals surface area contributed by atoms with Crippen molar-refractivity contribution in [2.24, 2.45) is 0 Å². The smallest absolute Gasteiger partial charge is 0.253 e. The quantitative estimate of drug-likeness (QED) is 0.439. The van der Waals surface area contributed by atoms with Crippen molar-refractivity contribution >= 4 is 28.2 Å². The van der Waals surface area contributed by atoms with Crippen molar-refractivity contribution in [2.45, 2.75) is 13.1 Å². The standard InChI is InChI=1S/C21H22N4O4S/c1-27-6-5-23-21(30)25(11-14-3-2-4-22-10-14)12-16-7-15-8-18-19(29-13-28-18)9-17(15)24-20(16)26/h2-4,7-10H,5-6,11-13H2,1H3,(H,23,30)(H,24,26). The number of H-pyrrole nitrogens is 1. The predicted octanol–water partition coefficient (Wildman–Crippen LogP) is 2.17. The van der Waals surface area contributed by atoms with Gasteiger partial charge < -0.3 is 29.4 Å². The second-order valence-electron chi connectivity index (χ2n) is 6.86. The first-order valence-corrected chi connectivity index (χ1v) is 9.91. The van der Waals surface area contributed by atoms with Crippen molar-refractivity contribution in [1.29, 1.82) is 0 Å². The molecule has 2 N–H and O–H groups in total. The number of nitrogens with zero attached hydrogens (tertiary/aromatic N) is 2. The number of pyridine rings is 2. The minimum absolute atomic E-state index is 0.169. The zero-order valence-electron chi connectivity index (χ0n) is 16.5. The Kier molecular flexibility index (Phi) is 6.10. The fourth-order valence-corrected chi connectivity index (χ4v) is 3.48. The van der Waals surface area contributed by atoms with Crippen LogP contribution in [0.15, 0.2) is 47.5 Å². The third-order valence-electron chi connectivity index (χ3n) is 4.74. The van der Waals surface area contributed by atoms with Crippen LogP contribution in [0.3, 0.4) is 0 Å². The van der Waals surface area contributed by atoms with E-state index < -0.39 is 0 Å². The largest absolute Gasteiger partial charge is 0.454 e. The summed E-state index contributed by atoms with van der Waals surface area (Å²) in [5.41, 5.74) is 2.12. The predicted molar refractivity (Wildman–Crippen MR) is 117 cm³/mol. The van der Waals surface area contributed by atoms with Crippen LogP contribution in [-0.4, -0.2) is 47.0 Å². The minimum Gasteiger partial charge on any atom is -0.454 e. The van der Waals surface area contributed by atoms with Gasteiger partial charge in [0.15, 0.2) is 16.6 Å². The molecule has 0 saturated carbocycles. The van der Waals surface area contributed by atoms with Crippen LogP contribution in [0.25, 0.3) is 10.9 Å². The molecule has 1 aromatic carbocycles. The van der Waals surface area contributed by atoms with Gasteiger partial charge in [0.05, 0.1) is 18.7 Å². The SMILES string of the molecule is COCCNC(=S)N(Cc1cccnc1)Cc1cc2cc3c(cc2[nH]c1=O)OCO3. The number of fused-ring (bicyclic) bond motifs is 2. The Morgan fingerprint density at radius 2 is 2.13 bits per heavy atom. The van der Waals surface area contributed by atoms with E-state index in [2.05, 4.69) is 15.3 Å². The van der Waals surface area contributed by atoms with E-state index in [1.54, 1.807) is 25.6 Å². The third-order valence-corrected chi connectivity index (χ3v) is 5.14. The van der Waals surface area contributed by atoms with Crippen LogP contribution in [-0.2, 0) is 17.8 Å². The Bertz CT molecular complexity index is 1100. The molecule has 3 aromatic rings. The molecule has 156 valence electrons. The Labute approximate surface area is 178 Å². The van der Waals surface area contributed by atoms with E-state index in [9.17, 15) is 4.79 Å². The van der Waals surface area contributed by atoms with Gasteiger partial charge in [-0.3, -0.25) is 9.78 Å². The number of aromatic nitrogens is 2. The molecule has 9 heteroatoms. The van der Waals surface area contributed by atoms with Crippen molar-refractivity contribution in [3.8, 4) is 11.5 Å². The summed E-state index contributed by atoms with van der Waals surface area (Å²) in [6.07, 6.45) is 3.51. The van der Waals surface area contributed by atoms with Gasteiger partial charge in [0.1, 0.15) is 0 Å². The number of methoxy groups -OCH3 is 1. The fraction of sp³-hybridized carbons (Fsp3) is 0.286. The molecule has 3 heterocycles. The molecule has 0 radical (unpaired) electrons. The fourth-order valence-electron chi connectivity index (χ4n) is 3.25. The van der Waals surface area contributed by atoms with E-state index in [0.29, 0.717) is 53.9 Å². The molecule has 1 aliphatic rings. The summed E-state index contributed by atoms with van der Waals surface area (Å²) in [4.78, 5) is 21.8. The number of hydrogen-bond donors (Lipinski definition) is 2.